The zero-order valence-corrected chi connectivity index (χ0v) is 15.4. The Labute approximate surface area is 154 Å². The van der Waals surface area contributed by atoms with Gasteiger partial charge in [0, 0.05) is 6.42 Å². The lowest BCUT2D eigenvalue weighted by molar-refractivity contribution is -0.121. The summed E-state index contributed by atoms with van der Waals surface area (Å²) in [5.41, 5.74) is 3.16. The van der Waals surface area contributed by atoms with E-state index in [0.29, 0.717) is 18.8 Å². The monoisotopic (exact) mass is 442 g/mol. The van der Waals surface area contributed by atoms with Crippen molar-refractivity contribution in [3.63, 3.8) is 0 Å². The van der Waals surface area contributed by atoms with E-state index in [1.54, 1.807) is 36.4 Å². The summed E-state index contributed by atoms with van der Waals surface area (Å²) in [5.74, 6) is 1.06. The van der Waals surface area contributed by atoms with Crippen LogP contribution in [0, 0.1) is 3.77 Å². The van der Waals surface area contributed by atoms with Crippen LogP contribution in [-0.2, 0) is 4.79 Å². The highest BCUT2D eigenvalue weighted by Crippen LogP contribution is 2.21. The molecule has 2 aromatic rings. The smallest absolute Gasteiger partial charge is 0.240 e. The van der Waals surface area contributed by atoms with Crippen LogP contribution >= 0.6 is 22.6 Å². The van der Waals surface area contributed by atoms with Gasteiger partial charge in [0.15, 0.2) is 3.77 Å². The van der Waals surface area contributed by atoms with E-state index in [2.05, 4.69) is 10.5 Å². The molecule has 0 fully saturated rings. The van der Waals surface area contributed by atoms with Gasteiger partial charge in [0.1, 0.15) is 11.5 Å². The molecule has 0 aliphatic carbocycles. The highest BCUT2D eigenvalue weighted by atomic mass is 127. The fraction of sp³-hybridized carbons (Fsp3) is 0.294. The number of benzene rings is 1. The molecule has 1 heterocycles. The number of aliphatic hydroxyl groups excluding tert-OH is 1. The number of aliphatic hydroxyl groups is 1. The third kappa shape index (κ3) is 5.97. The number of carbonyl (C=O) groups excluding carboxylic acids is 1. The molecule has 0 aliphatic rings. The number of halogens is 1. The van der Waals surface area contributed by atoms with Gasteiger partial charge in [-0.1, -0.05) is 12.1 Å². The first-order chi connectivity index (χ1) is 11.6. The maximum Gasteiger partial charge on any atom is 0.240 e. The summed E-state index contributed by atoms with van der Waals surface area (Å²) in [5, 5.41) is 13.9. The van der Waals surface area contributed by atoms with Crippen molar-refractivity contribution in [1.29, 1.82) is 0 Å². The predicted octanol–water partition coefficient (Wildman–Crippen LogP) is 3.25. The van der Waals surface area contributed by atoms with Gasteiger partial charge in [-0.3, -0.25) is 4.79 Å². The van der Waals surface area contributed by atoms with Crippen LogP contribution in [0.1, 0.15) is 37.2 Å². The number of hydrazone groups is 1. The zero-order valence-electron chi connectivity index (χ0n) is 13.2. The number of carbonyl (C=O) groups is 1. The normalized spacial score (nSPS) is 12.3. The van der Waals surface area contributed by atoms with Gasteiger partial charge in [-0.25, -0.2) is 5.43 Å². The molecule has 7 heteroatoms. The van der Waals surface area contributed by atoms with Gasteiger partial charge in [-0.15, -0.1) is 0 Å². The first kappa shape index (κ1) is 18.5. The number of nitrogens with one attached hydrogen (secondary N) is 1. The van der Waals surface area contributed by atoms with E-state index in [4.69, 9.17) is 9.15 Å². The van der Waals surface area contributed by atoms with Crippen LogP contribution in [-0.4, -0.2) is 23.8 Å². The molecule has 128 valence electrons. The molecule has 6 nitrogen and oxygen atoms in total. The van der Waals surface area contributed by atoms with Gasteiger partial charge in [-0.05, 0) is 65.8 Å². The van der Waals surface area contributed by atoms with Crippen molar-refractivity contribution in [1.82, 2.24) is 5.43 Å². The number of rotatable bonds is 8. The van der Waals surface area contributed by atoms with Gasteiger partial charge < -0.3 is 14.3 Å². The molecule has 2 rings (SSSR count). The van der Waals surface area contributed by atoms with E-state index in [0.717, 1.165) is 15.1 Å². The second-order valence-electron chi connectivity index (χ2n) is 4.99. The van der Waals surface area contributed by atoms with E-state index in [-0.39, 0.29) is 12.3 Å². The van der Waals surface area contributed by atoms with E-state index in [1.165, 1.54) is 6.21 Å². The van der Waals surface area contributed by atoms with Crippen molar-refractivity contribution in [2.75, 3.05) is 6.61 Å². The molecular formula is C17H19IN2O4. The van der Waals surface area contributed by atoms with Crippen LogP contribution in [0.4, 0.5) is 0 Å². The highest BCUT2D eigenvalue weighted by molar-refractivity contribution is 14.1. The van der Waals surface area contributed by atoms with Crippen molar-refractivity contribution in [3.8, 4) is 5.75 Å². The maximum absolute atomic E-state index is 11.7. The summed E-state index contributed by atoms with van der Waals surface area (Å²) in [7, 11) is 0. The minimum absolute atomic E-state index is 0.168. The van der Waals surface area contributed by atoms with E-state index in [1.807, 2.05) is 29.5 Å². The van der Waals surface area contributed by atoms with Crippen molar-refractivity contribution in [2.24, 2.45) is 5.10 Å². The minimum Gasteiger partial charge on any atom is -0.494 e. The Balaban J connectivity index is 1.75. The number of furan rings is 1. The van der Waals surface area contributed by atoms with Crippen molar-refractivity contribution < 1.29 is 19.1 Å². The average Bonchev–Trinajstić information content (AvgIpc) is 2.99. The summed E-state index contributed by atoms with van der Waals surface area (Å²) in [6.07, 6.45) is 1.21. The quantitative estimate of drug-likeness (QED) is 0.374. The molecule has 1 aromatic carbocycles. The summed E-state index contributed by atoms with van der Waals surface area (Å²) >= 11 is 2.05. The Kier molecular flexibility index (Phi) is 7.26. The van der Waals surface area contributed by atoms with Gasteiger partial charge in [0.2, 0.25) is 5.91 Å². The first-order valence-electron chi connectivity index (χ1n) is 7.56. The van der Waals surface area contributed by atoms with Crippen molar-refractivity contribution >= 4 is 34.7 Å². The van der Waals surface area contributed by atoms with Crippen molar-refractivity contribution in [3.05, 3.63) is 51.5 Å². The van der Waals surface area contributed by atoms with E-state index < -0.39 is 6.10 Å². The number of amides is 1. The van der Waals surface area contributed by atoms with Gasteiger partial charge >= 0.3 is 0 Å². The van der Waals surface area contributed by atoms with Crippen molar-refractivity contribution in [2.45, 2.75) is 25.9 Å². The number of ether oxygens (including phenoxy) is 1. The first-order valence-corrected chi connectivity index (χ1v) is 8.64. The lowest BCUT2D eigenvalue weighted by Gasteiger charge is -2.11. The van der Waals surface area contributed by atoms with Crippen LogP contribution in [0.25, 0.3) is 0 Å². The molecule has 0 spiro atoms. The molecule has 1 atom stereocenters. The molecule has 0 bridgehead atoms. The minimum atomic E-state index is -0.706. The SMILES string of the molecule is CCOc1ccc([C@@H](O)CCC(=O)N/N=C\c2ccc(I)o2)cc1. The predicted molar refractivity (Wildman–Crippen MR) is 99.0 cm³/mol. The lowest BCUT2D eigenvalue weighted by atomic mass is 10.0. The lowest BCUT2D eigenvalue weighted by Crippen LogP contribution is -2.18. The Bertz CT molecular complexity index is 682. The third-order valence-electron chi connectivity index (χ3n) is 3.20. The summed E-state index contributed by atoms with van der Waals surface area (Å²) < 4.78 is 11.4. The Morgan fingerprint density at radius 3 is 2.75 bits per heavy atom. The van der Waals surface area contributed by atoms with Gasteiger partial charge in [-0.2, -0.15) is 5.10 Å². The molecular weight excluding hydrogens is 423 g/mol. The second-order valence-corrected chi connectivity index (χ2v) is 6.05. The Morgan fingerprint density at radius 1 is 1.38 bits per heavy atom. The molecule has 1 aromatic heterocycles. The van der Waals surface area contributed by atoms with E-state index in [9.17, 15) is 9.90 Å². The van der Waals surface area contributed by atoms with Gasteiger partial charge in [0.25, 0.3) is 0 Å². The topological polar surface area (TPSA) is 84.1 Å². The summed E-state index contributed by atoms with van der Waals surface area (Å²) in [6.45, 7) is 2.51. The highest BCUT2D eigenvalue weighted by Gasteiger charge is 2.10. The van der Waals surface area contributed by atoms with Crippen LogP contribution < -0.4 is 10.2 Å². The molecule has 0 saturated heterocycles. The number of hydrogen-bond acceptors (Lipinski definition) is 5. The summed E-state index contributed by atoms with van der Waals surface area (Å²) in [4.78, 5) is 11.7. The maximum atomic E-state index is 11.7. The average molecular weight is 442 g/mol. The number of hydrogen-bond donors (Lipinski definition) is 2. The van der Waals surface area contributed by atoms with E-state index >= 15 is 0 Å². The zero-order chi connectivity index (χ0) is 17.4. The van der Waals surface area contributed by atoms with Crippen LogP contribution in [0.3, 0.4) is 0 Å². The molecule has 0 radical (unpaired) electrons. The Hall–Kier alpha value is -1.87. The standard InChI is InChI=1S/C17H19IN2O4/c1-2-23-13-5-3-12(4-6-13)15(21)8-10-17(22)20-19-11-14-7-9-16(18)24-14/h3-7,9,11,15,21H,2,8,10H2,1H3,(H,20,22)/b19-11-/t15-/m0/s1. The summed E-state index contributed by atoms with van der Waals surface area (Å²) in [6, 6.07) is 10.8. The number of nitrogens with zero attached hydrogens (tertiary/aromatic N) is 1. The molecule has 2 N–H and O–H groups in total. The Morgan fingerprint density at radius 2 is 2.12 bits per heavy atom. The largest absolute Gasteiger partial charge is 0.494 e. The van der Waals surface area contributed by atoms with Gasteiger partial charge in [0.05, 0.1) is 18.9 Å². The second kappa shape index (κ2) is 9.43. The third-order valence-corrected chi connectivity index (χ3v) is 3.78. The fourth-order valence-electron chi connectivity index (χ4n) is 2.01. The van der Waals surface area contributed by atoms with Crippen LogP contribution in [0.2, 0.25) is 0 Å². The molecule has 0 aliphatic heterocycles. The van der Waals surface area contributed by atoms with Crippen LogP contribution in [0.15, 0.2) is 45.9 Å². The van der Waals surface area contributed by atoms with Crippen LogP contribution in [0.5, 0.6) is 5.75 Å². The molecule has 1 amide bonds. The molecule has 24 heavy (non-hydrogen) atoms. The fourth-order valence-corrected chi connectivity index (χ4v) is 2.44. The molecule has 0 saturated carbocycles. The molecule has 0 unspecified atom stereocenters.